The molecule has 1 aromatic rings. The number of ether oxygens (including phenoxy) is 1. The molecule has 10 heavy (non-hydrogen) atoms. The number of aromatic nitrogens is 2. The second-order valence-corrected chi connectivity index (χ2v) is 2.08. The Bertz CT molecular complexity index is 267. The fourth-order valence-corrected chi connectivity index (χ4v) is 1.03. The third kappa shape index (κ3) is 0.556. The van der Waals surface area contributed by atoms with Gasteiger partial charge in [0.25, 0.3) is 6.01 Å². The molecule has 4 nitrogen and oxygen atoms in total. The third-order valence-corrected chi connectivity index (χ3v) is 1.52. The molecule has 1 aliphatic rings. The van der Waals surface area contributed by atoms with Crippen LogP contribution in [0, 0.1) is 0 Å². The lowest BCUT2D eigenvalue weighted by Crippen LogP contribution is -1.97. The molecule has 0 radical (unpaired) electrons. The van der Waals surface area contributed by atoms with E-state index >= 15 is 0 Å². The molecule has 52 valence electrons. The van der Waals surface area contributed by atoms with Crippen molar-refractivity contribution < 1.29 is 9.53 Å². The zero-order valence-electron chi connectivity index (χ0n) is 5.28. The van der Waals surface area contributed by atoms with Crippen LogP contribution in [0.2, 0.25) is 0 Å². The van der Waals surface area contributed by atoms with Crippen LogP contribution in [0.4, 0.5) is 0 Å². The number of carbonyl (C=O) groups excluding carboxylic acids is 1. The molecule has 0 spiro atoms. The summed E-state index contributed by atoms with van der Waals surface area (Å²) >= 11 is 0. The van der Waals surface area contributed by atoms with Crippen molar-refractivity contribution in [3.8, 4) is 6.01 Å². The summed E-state index contributed by atoms with van der Waals surface area (Å²) in [6.45, 7) is 1.37. The van der Waals surface area contributed by atoms with Crippen molar-refractivity contribution in [3.63, 3.8) is 0 Å². The average Bonchev–Trinajstić information content (AvgIpc) is 2.44. The van der Waals surface area contributed by atoms with Gasteiger partial charge >= 0.3 is 0 Å². The molecule has 4 heteroatoms. The molecule has 0 N–H and O–H groups in total. The van der Waals surface area contributed by atoms with Gasteiger partial charge in [-0.25, -0.2) is 4.98 Å². The molecule has 0 atom stereocenters. The largest absolute Gasteiger partial charge is 0.463 e. The highest BCUT2D eigenvalue weighted by atomic mass is 16.5. The summed E-state index contributed by atoms with van der Waals surface area (Å²) in [6, 6.07) is 0.558. The third-order valence-electron chi connectivity index (χ3n) is 1.52. The molecule has 0 fully saturated rings. The standard InChI is InChI=1S/C6H6N2O2/c9-4-5-3-7-6-8(5)1-2-10-6/h3-4H,1-2H2. The lowest BCUT2D eigenvalue weighted by molar-refractivity contribution is 0.111. The molecule has 2 heterocycles. The Morgan fingerprint density at radius 2 is 2.70 bits per heavy atom. The van der Waals surface area contributed by atoms with Crippen LogP contribution < -0.4 is 4.74 Å². The molecule has 0 unspecified atom stereocenters. The molecule has 0 aliphatic carbocycles. The highest BCUT2D eigenvalue weighted by molar-refractivity contribution is 5.72. The predicted molar refractivity (Wildman–Crippen MR) is 33.1 cm³/mol. The van der Waals surface area contributed by atoms with Gasteiger partial charge in [-0.15, -0.1) is 0 Å². The van der Waals surface area contributed by atoms with Gasteiger partial charge in [0, 0.05) is 0 Å². The first-order valence-electron chi connectivity index (χ1n) is 3.05. The Hall–Kier alpha value is -1.32. The first-order valence-corrected chi connectivity index (χ1v) is 3.05. The minimum atomic E-state index is 0.558. The molecule has 0 amide bonds. The molecular weight excluding hydrogens is 132 g/mol. The van der Waals surface area contributed by atoms with Gasteiger partial charge in [-0.3, -0.25) is 9.36 Å². The first kappa shape index (κ1) is 5.46. The predicted octanol–water partition coefficient (Wildman–Crippen LogP) is 0.0880. The number of nitrogens with zero attached hydrogens (tertiary/aromatic N) is 2. The van der Waals surface area contributed by atoms with Crippen molar-refractivity contribution in [1.82, 2.24) is 9.55 Å². The first-order chi connectivity index (χ1) is 4.92. The summed E-state index contributed by atoms with van der Waals surface area (Å²) in [7, 11) is 0. The fraction of sp³-hybridized carbons (Fsp3) is 0.333. The van der Waals surface area contributed by atoms with Crippen molar-refractivity contribution in [2.45, 2.75) is 6.54 Å². The van der Waals surface area contributed by atoms with E-state index < -0.39 is 0 Å². The second-order valence-electron chi connectivity index (χ2n) is 2.08. The van der Waals surface area contributed by atoms with Crippen LogP contribution in [0.3, 0.4) is 0 Å². The van der Waals surface area contributed by atoms with E-state index in [4.69, 9.17) is 4.74 Å². The smallest absolute Gasteiger partial charge is 0.296 e. The minimum absolute atomic E-state index is 0.558. The molecule has 1 aromatic heterocycles. The van der Waals surface area contributed by atoms with E-state index in [0.717, 1.165) is 12.8 Å². The van der Waals surface area contributed by atoms with Gasteiger partial charge in [0.1, 0.15) is 12.3 Å². The highest BCUT2D eigenvalue weighted by Crippen LogP contribution is 2.16. The Kier molecular flexibility index (Phi) is 1.00. The number of rotatable bonds is 1. The lowest BCUT2D eigenvalue weighted by atomic mass is 10.5. The van der Waals surface area contributed by atoms with Gasteiger partial charge in [-0.2, -0.15) is 0 Å². The average molecular weight is 138 g/mol. The van der Waals surface area contributed by atoms with Crippen molar-refractivity contribution >= 4 is 6.29 Å². The van der Waals surface area contributed by atoms with E-state index in [-0.39, 0.29) is 0 Å². The van der Waals surface area contributed by atoms with Crippen molar-refractivity contribution in [1.29, 1.82) is 0 Å². The molecule has 2 rings (SSSR count). The molecule has 0 saturated carbocycles. The normalized spacial score (nSPS) is 14.4. The van der Waals surface area contributed by atoms with Gasteiger partial charge in [0.2, 0.25) is 0 Å². The summed E-state index contributed by atoms with van der Waals surface area (Å²) in [5.74, 6) is 0. The van der Waals surface area contributed by atoms with Crippen LogP contribution in [0.15, 0.2) is 6.20 Å². The van der Waals surface area contributed by atoms with Crippen molar-refractivity contribution in [3.05, 3.63) is 11.9 Å². The highest BCUT2D eigenvalue weighted by Gasteiger charge is 2.15. The monoisotopic (exact) mass is 138 g/mol. The quantitative estimate of drug-likeness (QED) is 0.516. The van der Waals surface area contributed by atoms with Crippen LogP contribution in [-0.2, 0) is 6.54 Å². The van der Waals surface area contributed by atoms with E-state index in [2.05, 4.69) is 4.98 Å². The summed E-state index contributed by atoms with van der Waals surface area (Å²) < 4.78 is 6.83. The van der Waals surface area contributed by atoms with Gasteiger partial charge < -0.3 is 4.74 Å². The molecule has 0 aromatic carbocycles. The van der Waals surface area contributed by atoms with E-state index in [0.29, 0.717) is 18.3 Å². The summed E-state index contributed by atoms with van der Waals surface area (Å²) in [5, 5.41) is 0. The number of carbonyl (C=O) groups is 1. The van der Waals surface area contributed by atoms with Gasteiger partial charge in [-0.1, -0.05) is 0 Å². The zero-order valence-corrected chi connectivity index (χ0v) is 5.28. The number of fused-ring (bicyclic) bond motifs is 1. The molecule has 1 aliphatic heterocycles. The summed E-state index contributed by atoms with van der Waals surface area (Å²) in [4.78, 5) is 14.2. The maximum absolute atomic E-state index is 10.3. The van der Waals surface area contributed by atoms with Crippen molar-refractivity contribution in [2.75, 3.05) is 6.61 Å². The van der Waals surface area contributed by atoms with Gasteiger partial charge in [0.05, 0.1) is 12.7 Å². The van der Waals surface area contributed by atoms with E-state index in [1.165, 1.54) is 6.20 Å². The maximum atomic E-state index is 10.3. The summed E-state index contributed by atoms with van der Waals surface area (Å²) in [6.07, 6.45) is 2.30. The van der Waals surface area contributed by atoms with Crippen LogP contribution in [-0.4, -0.2) is 22.4 Å². The number of hydrogen-bond acceptors (Lipinski definition) is 3. The molecule has 0 bridgehead atoms. The van der Waals surface area contributed by atoms with Crippen LogP contribution in [0.1, 0.15) is 10.5 Å². The number of hydrogen-bond donors (Lipinski definition) is 0. The zero-order chi connectivity index (χ0) is 6.97. The van der Waals surface area contributed by atoms with Gasteiger partial charge in [0.15, 0.2) is 6.29 Å². The Morgan fingerprint density at radius 1 is 1.80 bits per heavy atom. The lowest BCUT2D eigenvalue weighted by Gasteiger charge is -1.90. The minimum Gasteiger partial charge on any atom is -0.463 e. The Morgan fingerprint density at radius 3 is 3.50 bits per heavy atom. The van der Waals surface area contributed by atoms with E-state index in [1.807, 2.05) is 0 Å². The van der Waals surface area contributed by atoms with Crippen LogP contribution in [0.5, 0.6) is 6.01 Å². The van der Waals surface area contributed by atoms with Crippen molar-refractivity contribution in [2.24, 2.45) is 0 Å². The van der Waals surface area contributed by atoms with E-state index in [1.54, 1.807) is 4.57 Å². The Balaban J connectivity index is 2.53. The number of imidazole rings is 1. The van der Waals surface area contributed by atoms with Crippen LogP contribution in [0.25, 0.3) is 0 Å². The van der Waals surface area contributed by atoms with Crippen LogP contribution >= 0.6 is 0 Å². The topological polar surface area (TPSA) is 44.1 Å². The SMILES string of the molecule is O=Cc1cnc2n1CCO2. The second kappa shape index (κ2) is 1.83. The molecular formula is C6H6N2O2. The fourth-order valence-electron chi connectivity index (χ4n) is 1.03. The summed E-state index contributed by atoms with van der Waals surface area (Å²) in [5.41, 5.74) is 0.590. The molecule has 0 saturated heterocycles. The Labute approximate surface area is 57.4 Å². The van der Waals surface area contributed by atoms with E-state index in [9.17, 15) is 4.79 Å². The number of aldehydes is 1. The maximum Gasteiger partial charge on any atom is 0.296 e. The van der Waals surface area contributed by atoms with Gasteiger partial charge in [-0.05, 0) is 0 Å².